The number of carbonyl (C=O) groups excluding carboxylic acids is 1. The van der Waals surface area contributed by atoms with Gasteiger partial charge in [0.2, 0.25) is 0 Å². The van der Waals surface area contributed by atoms with E-state index in [0.29, 0.717) is 29.2 Å². The molecule has 3 heterocycles. The van der Waals surface area contributed by atoms with Crippen LogP contribution in [-0.4, -0.2) is 40.1 Å². The van der Waals surface area contributed by atoms with E-state index in [-0.39, 0.29) is 11.9 Å². The Morgan fingerprint density at radius 2 is 1.89 bits per heavy atom. The maximum Gasteiger partial charge on any atom is 0.257 e. The number of pyridine rings is 1. The zero-order valence-corrected chi connectivity index (χ0v) is 16.0. The fourth-order valence-corrected chi connectivity index (χ4v) is 3.53. The summed E-state index contributed by atoms with van der Waals surface area (Å²) in [5.41, 5.74) is 2.24. The molecule has 0 bridgehead atoms. The molecule has 2 aromatic rings. The van der Waals surface area contributed by atoms with Gasteiger partial charge in [0.15, 0.2) is 6.23 Å². The van der Waals surface area contributed by atoms with Gasteiger partial charge >= 0.3 is 0 Å². The minimum atomic E-state index is -0.980. The summed E-state index contributed by atoms with van der Waals surface area (Å²) in [6, 6.07) is 13.2. The standard InChI is InChI=1S/C21H22N4O3/c1-13-14(2)21(27)24(20(13)26)19-12-17(15-7-9-16(28-3)10-8-15)25(23-19)18-6-4-5-11-22-18/h4-11,17,20,26H,12H2,1-3H3. The number of aliphatic hydroxyl groups excluding tert-OH is 1. The predicted molar refractivity (Wildman–Crippen MR) is 106 cm³/mol. The van der Waals surface area contributed by atoms with Crippen LogP contribution in [0.1, 0.15) is 31.9 Å². The molecule has 0 spiro atoms. The lowest BCUT2D eigenvalue weighted by Crippen LogP contribution is -2.40. The van der Waals surface area contributed by atoms with Crippen LogP contribution in [0.5, 0.6) is 5.75 Å². The molecular formula is C21H22N4O3. The lowest BCUT2D eigenvalue weighted by atomic mass is 10.0. The molecule has 1 aromatic heterocycles. The lowest BCUT2D eigenvalue weighted by molar-refractivity contribution is -0.126. The molecule has 1 N–H and O–H groups in total. The van der Waals surface area contributed by atoms with Crippen molar-refractivity contribution in [3.63, 3.8) is 0 Å². The molecule has 2 aliphatic rings. The van der Waals surface area contributed by atoms with Crippen LogP contribution in [0.2, 0.25) is 0 Å². The van der Waals surface area contributed by atoms with Crippen LogP contribution in [0, 0.1) is 0 Å². The Kier molecular flexibility index (Phi) is 4.60. The predicted octanol–water partition coefficient (Wildman–Crippen LogP) is 2.85. The normalized spacial score (nSPS) is 22.1. The second kappa shape index (κ2) is 7.09. The molecule has 1 aromatic carbocycles. The minimum Gasteiger partial charge on any atom is -0.497 e. The number of hydrazone groups is 1. The number of nitrogens with zero attached hydrogens (tertiary/aromatic N) is 4. The molecule has 2 atom stereocenters. The Labute approximate surface area is 163 Å². The summed E-state index contributed by atoms with van der Waals surface area (Å²) in [7, 11) is 1.63. The number of aromatic nitrogens is 1. The molecule has 144 valence electrons. The van der Waals surface area contributed by atoms with E-state index in [1.54, 1.807) is 32.2 Å². The molecule has 0 saturated carbocycles. The average Bonchev–Trinajstić information content (AvgIpc) is 3.25. The van der Waals surface area contributed by atoms with E-state index in [2.05, 4.69) is 10.1 Å². The van der Waals surface area contributed by atoms with Gasteiger partial charge < -0.3 is 9.84 Å². The molecule has 28 heavy (non-hydrogen) atoms. The number of anilines is 1. The van der Waals surface area contributed by atoms with Crippen LogP contribution in [0.4, 0.5) is 5.82 Å². The molecule has 7 nitrogen and oxygen atoms in total. The zero-order valence-electron chi connectivity index (χ0n) is 16.0. The van der Waals surface area contributed by atoms with Crippen LogP contribution >= 0.6 is 0 Å². The number of methoxy groups -OCH3 is 1. The fourth-order valence-electron chi connectivity index (χ4n) is 3.53. The average molecular weight is 378 g/mol. The van der Waals surface area contributed by atoms with Gasteiger partial charge in [-0.1, -0.05) is 18.2 Å². The number of aliphatic hydroxyl groups is 1. The zero-order chi connectivity index (χ0) is 19.8. The molecule has 1 amide bonds. The third-order valence-electron chi connectivity index (χ3n) is 5.32. The molecular weight excluding hydrogens is 356 g/mol. The summed E-state index contributed by atoms with van der Waals surface area (Å²) in [4.78, 5) is 18.5. The first kappa shape index (κ1) is 18.2. The first-order chi connectivity index (χ1) is 13.5. The van der Waals surface area contributed by atoms with E-state index in [9.17, 15) is 9.90 Å². The maximum absolute atomic E-state index is 12.7. The summed E-state index contributed by atoms with van der Waals surface area (Å²) >= 11 is 0. The number of hydrogen-bond donors (Lipinski definition) is 1. The van der Waals surface area contributed by atoms with Gasteiger partial charge in [0.25, 0.3) is 5.91 Å². The van der Waals surface area contributed by atoms with Crippen molar-refractivity contribution >= 4 is 17.6 Å². The Morgan fingerprint density at radius 3 is 2.46 bits per heavy atom. The van der Waals surface area contributed by atoms with E-state index in [1.807, 2.05) is 42.5 Å². The highest BCUT2D eigenvalue weighted by Gasteiger charge is 2.41. The van der Waals surface area contributed by atoms with Crippen molar-refractivity contribution in [3.05, 3.63) is 65.4 Å². The van der Waals surface area contributed by atoms with Crippen LogP contribution < -0.4 is 9.75 Å². The number of carbonyl (C=O) groups is 1. The first-order valence-corrected chi connectivity index (χ1v) is 9.12. The topological polar surface area (TPSA) is 78.3 Å². The molecule has 2 aliphatic heterocycles. The second-order valence-corrected chi connectivity index (χ2v) is 6.90. The van der Waals surface area contributed by atoms with E-state index in [0.717, 1.165) is 11.3 Å². The lowest BCUT2D eigenvalue weighted by Gasteiger charge is -2.23. The molecule has 0 aliphatic carbocycles. The van der Waals surface area contributed by atoms with E-state index in [4.69, 9.17) is 4.74 Å². The van der Waals surface area contributed by atoms with Crippen molar-refractivity contribution in [2.75, 3.05) is 12.1 Å². The first-order valence-electron chi connectivity index (χ1n) is 9.12. The van der Waals surface area contributed by atoms with Crippen molar-refractivity contribution in [2.45, 2.75) is 32.5 Å². The number of benzene rings is 1. The highest BCUT2D eigenvalue weighted by Crippen LogP contribution is 2.37. The minimum absolute atomic E-state index is 0.142. The Balaban J connectivity index is 1.71. The van der Waals surface area contributed by atoms with Crippen molar-refractivity contribution in [3.8, 4) is 5.75 Å². The number of hydrogen-bond acceptors (Lipinski definition) is 6. The summed E-state index contributed by atoms with van der Waals surface area (Å²) < 4.78 is 5.25. The van der Waals surface area contributed by atoms with Crippen LogP contribution in [0.3, 0.4) is 0 Å². The van der Waals surface area contributed by atoms with E-state index < -0.39 is 6.23 Å². The van der Waals surface area contributed by atoms with Gasteiger partial charge in [-0.25, -0.2) is 9.99 Å². The van der Waals surface area contributed by atoms with Crippen molar-refractivity contribution in [1.82, 2.24) is 9.88 Å². The highest BCUT2D eigenvalue weighted by molar-refractivity contribution is 6.09. The summed E-state index contributed by atoms with van der Waals surface area (Å²) in [5.74, 6) is 1.77. The summed E-state index contributed by atoms with van der Waals surface area (Å²) in [5, 5.41) is 17.0. The number of amidine groups is 1. The third-order valence-corrected chi connectivity index (χ3v) is 5.32. The van der Waals surface area contributed by atoms with Gasteiger partial charge in [-0.05, 0) is 49.2 Å². The Hall–Kier alpha value is -3.19. The second-order valence-electron chi connectivity index (χ2n) is 6.90. The number of ether oxygens (including phenoxy) is 1. The quantitative estimate of drug-likeness (QED) is 0.889. The summed E-state index contributed by atoms with van der Waals surface area (Å²) in [6.45, 7) is 3.50. The van der Waals surface area contributed by atoms with Crippen LogP contribution in [0.15, 0.2) is 64.9 Å². The van der Waals surface area contributed by atoms with Crippen molar-refractivity contribution < 1.29 is 14.6 Å². The molecule has 0 radical (unpaired) electrons. The monoisotopic (exact) mass is 378 g/mol. The van der Waals surface area contributed by atoms with E-state index >= 15 is 0 Å². The Morgan fingerprint density at radius 1 is 1.14 bits per heavy atom. The molecule has 0 saturated heterocycles. The van der Waals surface area contributed by atoms with Gasteiger partial charge in [0, 0.05) is 18.2 Å². The molecule has 2 unspecified atom stereocenters. The van der Waals surface area contributed by atoms with Gasteiger partial charge in [-0.3, -0.25) is 9.69 Å². The van der Waals surface area contributed by atoms with Crippen LogP contribution in [-0.2, 0) is 4.79 Å². The maximum atomic E-state index is 12.7. The van der Waals surface area contributed by atoms with Gasteiger partial charge in [0.05, 0.1) is 13.2 Å². The smallest absolute Gasteiger partial charge is 0.257 e. The largest absolute Gasteiger partial charge is 0.497 e. The van der Waals surface area contributed by atoms with Crippen molar-refractivity contribution in [2.24, 2.45) is 5.10 Å². The van der Waals surface area contributed by atoms with E-state index in [1.165, 1.54) is 4.90 Å². The molecule has 7 heteroatoms. The number of amides is 1. The van der Waals surface area contributed by atoms with Crippen molar-refractivity contribution in [1.29, 1.82) is 0 Å². The SMILES string of the molecule is COc1ccc(C2CC(N3C(=O)C(C)=C(C)C3O)=NN2c2ccccn2)cc1. The molecule has 4 rings (SSSR count). The fraction of sp³-hybridized carbons (Fsp3) is 0.286. The van der Waals surface area contributed by atoms with Gasteiger partial charge in [0.1, 0.15) is 17.4 Å². The highest BCUT2D eigenvalue weighted by atomic mass is 16.5. The Bertz CT molecular complexity index is 953. The van der Waals surface area contributed by atoms with Crippen LogP contribution in [0.25, 0.3) is 0 Å². The van der Waals surface area contributed by atoms with Gasteiger partial charge in [-0.15, -0.1) is 0 Å². The third kappa shape index (κ3) is 2.93. The number of rotatable bonds is 3. The molecule has 0 fully saturated rings. The summed E-state index contributed by atoms with van der Waals surface area (Å²) in [6.07, 6.45) is 1.21. The van der Waals surface area contributed by atoms with Gasteiger partial charge in [-0.2, -0.15) is 5.10 Å².